The number of nitrogens with one attached hydrogen (secondary N) is 1. The molecule has 11 heteroatoms. The van der Waals surface area contributed by atoms with E-state index in [0.717, 1.165) is 19.3 Å². The number of aryl methyl sites for hydroxylation is 1. The number of amides is 1. The van der Waals surface area contributed by atoms with Crippen LogP contribution in [0.2, 0.25) is 0 Å². The van der Waals surface area contributed by atoms with Gasteiger partial charge in [0.2, 0.25) is 5.95 Å². The van der Waals surface area contributed by atoms with Crippen LogP contribution in [0.5, 0.6) is 0 Å². The molecule has 198 valence electrons. The fraction of sp³-hybridized carbons (Fsp3) is 0.333. The summed E-state index contributed by atoms with van der Waals surface area (Å²) >= 11 is 0. The maximum absolute atomic E-state index is 14.9. The average Bonchev–Trinajstić information content (AvgIpc) is 3.22. The third-order valence-corrected chi connectivity index (χ3v) is 6.71. The number of carbonyl (C=O) groups excluding carboxylic acids is 1. The lowest BCUT2D eigenvalue weighted by molar-refractivity contribution is 0.0659. The van der Waals surface area contributed by atoms with Crippen LogP contribution in [0.1, 0.15) is 36.1 Å². The van der Waals surface area contributed by atoms with E-state index in [4.69, 9.17) is 0 Å². The Bertz CT molecular complexity index is 1530. The van der Waals surface area contributed by atoms with Gasteiger partial charge in [0.1, 0.15) is 22.9 Å². The van der Waals surface area contributed by atoms with Crippen molar-refractivity contribution in [1.82, 2.24) is 29.3 Å². The number of rotatable bonds is 5. The van der Waals surface area contributed by atoms with Crippen LogP contribution in [0.3, 0.4) is 0 Å². The molecule has 2 aromatic heterocycles. The Hall–Kier alpha value is -3.99. The third-order valence-electron chi connectivity index (χ3n) is 6.71. The van der Waals surface area contributed by atoms with E-state index in [-0.39, 0.29) is 45.9 Å². The Labute approximate surface area is 218 Å². The molecule has 1 amide bonds. The molecule has 3 heterocycles. The Morgan fingerprint density at radius 2 is 1.71 bits per heavy atom. The predicted octanol–water partition coefficient (Wildman–Crippen LogP) is 4.93. The monoisotopic (exact) mass is 523 g/mol. The van der Waals surface area contributed by atoms with E-state index in [1.807, 2.05) is 25.5 Å². The number of halogens is 3. The molecule has 1 aliphatic rings. The number of nitrogens with zero attached hydrogens (tertiary/aromatic N) is 6. The number of aromatic nitrogens is 4. The zero-order valence-electron chi connectivity index (χ0n) is 21.6. The summed E-state index contributed by atoms with van der Waals surface area (Å²) in [5.41, 5.74) is 1.10. The van der Waals surface area contributed by atoms with Crippen molar-refractivity contribution in [3.63, 3.8) is 0 Å². The summed E-state index contributed by atoms with van der Waals surface area (Å²) in [6.45, 7) is 8.22. The fourth-order valence-corrected chi connectivity index (χ4v) is 4.76. The topological polar surface area (TPSA) is 79.2 Å². The van der Waals surface area contributed by atoms with Gasteiger partial charge in [-0.2, -0.15) is 0 Å². The van der Waals surface area contributed by atoms with Crippen LogP contribution in [0.15, 0.2) is 36.5 Å². The van der Waals surface area contributed by atoms with E-state index >= 15 is 0 Å². The molecule has 0 radical (unpaired) electrons. The Morgan fingerprint density at radius 1 is 0.974 bits per heavy atom. The summed E-state index contributed by atoms with van der Waals surface area (Å²) in [5, 5.41) is 2.85. The number of carbonyl (C=O) groups is 1. The van der Waals surface area contributed by atoms with Gasteiger partial charge in [0.15, 0.2) is 11.6 Å². The van der Waals surface area contributed by atoms with E-state index < -0.39 is 17.5 Å². The number of fused-ring (bicyclic) bond motifs is 1. The second-order valence-electron chi connectivity index (χ2n) is 9.75. The van der Waals surface area contributed by atoms with Crippen molar-refractivity contribution in [1.29, 1.82) is 0 Å². The van der Waals surface area contributed by atoms with Crippen LogP contribution in [-0.2, 0) is 0 Å². The minimum Gasteiger partial charge on any atom is -0.336 e. The van der Waals surface area contributed by atoms with Gasteiger partial charge in [-0.1, -0.05) is 0 Å². The van der Waals surface area contributed by atoms with Crippen molar-refractivity contribution < 1.29 is 18.0 Å². The summed E-state index contributed by atoms with van der Waals surface area (Å²) in [5.74, 6) is -1.74. The van der Waals surface area contributed by atoms with Crippen molar-refractivity contribution in [2.75, 3.05) is 38.5 Å². The summed E-state index contributed by atoms with van der Waals surface area (Å²) in [6.07, 6.45) is 0.972. The molecule has 1 fully saturated rings. The van der Waals surface area contributed by atoms with Crippen molar-refractivity contribution in [2.45, 2.75) is 26.8 Å². The standard InChI is InChI=1S/C27H28F3N7O/c1-15(2)37-16(3)32-25-21(29)11-17(12-23(25)37)24-22(30)14-31-27(34-24)33-18-5-6-19(20(28)13-18)26(38)36-9-7-35(4)8-10-36/h5-6,11-15H,7-10H2,1-4H3,(H,31,33,34). The lowest BCUT2D eigenvalue weighted by Crippen LogP contribution is -2.47. The highest BCUT2D eigenvalue weighted by molar-refractivity contribution is 5.95. The van der Waals surface area contributed by atoms with Crippen LogP contribution in [0, 0.1) is 24.4 Å². The molecule has 1 saturated heterocycles. The van der Waals surface area contributed by atoms with Gasteiger partial charge in [-0.3, -0.25) is 4.79 Å². The van der Waals surface area contributed by atoms with Gasteiger partial charge in [0.05, 0.1) is 17.3 Å². The molecule has 0 saturated carbocycles. The normalized spacial score (nSPS) is 14.5. The number of piperazine rings is 1. The molecule has 0 atom stereocenters. The fourth-order valence-electron chi connectivity index (χ4n) is 4.76. The first kappa shape index (κ1) is 25.7. The molecule has 1 N–H and O–H groups in total. The van der Waals surface area contributed by atoms with E-state index in [0.29, 0.717) is 24.4 Å². The lowest BCUT2D eigenvalue weighted by Gasteiger charge is -2.32. The molecular formula is C27H28F3N7O. The highest BCUT2D eigenvalue weighted by Gasteiger charge is 2.23. The molecule has 8 nitrogen and oxygen atoms in total. The predicted molar refractivity (Wildman–Crippen MR) is 139 cm³/mol. The highest BCUT2D eigenvalue weighted by atomic mass is 19.1. The van der Waals surface area contributed by atoms with E-state index in [1.165, 1.54) is 24.3 Å². The molecule has 1 aliphatic heterocycles. The molecule has 2 aromatic carbocycles. The van der Waals surface area contributed by atoms with Crippen LogP contribution in [0.25, 0.3) is 22.3 Å². The second-order valence-corrected chi connectivity index (χ2v) is 9.75. The van der Waals surface area contributed by atoms with Gasteiger partial charge in [-0.25, -0.2) is 28.1 Å². The van der Waals surface area contributed by atoms with Crippen molar-refractivity contribution in [3.8, 4) is 11.3 Å². The quantitative estimate of drug-likeness (QED) is 0.400. The van der Waals surface area contributed by atoms with E-state index in [9.17, 15) is 18.0 Å². The molecule has 0 bridgehead atoms. The summed E-state index contributed by atoms with van der Waals surface area (Å²) in [7, 11) is 1.97. The number of hydrogen-bond donors (Lipinski definition) is 1. The van der Waals surface area contributed by atoms with E-state index in [2.05, 4.69) is 25.2 Å². The van der Waals surface area contributed by atoms with Crippen molar-refractivity contribution in [2.24, 2.45) is 0 Å². The SMILES string of the molecule is Cc1nc2c(F)cc(-c3nc(Nc4ccc(C(=O)N5CCN(C)CC5)c(F)c4)ncc3F)cc2n1C(C)C. The van der Waals surface area contributed by atoms with Crippen molar-refractivity contribution >= 4 is 28.6 Å². The van der Waals surface area contributed by atoms with Gasteiger partial charge in [0.25, 0.3) is 5.91 Å². The lowest BCUT2D eigenvalue weighted by atomic mass is 10.1. The zero-order chi connectivity index (χ0) is 27.1. The maximum atomic E-state index is 14.9. The van der Waals surface area contributed by atoms with Gasteiger partial charge >= 0.3 is 0 Å². The summed E-state index contributed by atoms with van der Waals surface area (Å²) in [6, 6.07) is 6.96. The molecule has 0 spiro atoms. The van der Waals surface area contributed by atoms with Crippen LogP contribution >= 0.6 is 0 Å². The first-order chi connectivity index (χ1) is 18.1. The van der Waals surface area contributed by atoms with Gasteiger partial charge in [0, 0.05) is 43.5 Å². The minimum absolute atomic E-state index is 0.00648. The highest BCUT2D eigenvalue weighted by Crippen LogP contribution is 2.30. The second kappa shape index (κ2) is 10.1. The molecule has 38 heavy (non-hydrogen) atoms. The first-order valence-electron chi connectivity index (χ1n) is 12.4. The molecular weight excluding hydrogens is 495 g/mol. The Morgan fingerprint density at radius 3 is 2.39 bits per heavy atom. The first-order valence-corrected chi connectivity index (χ1v) is 12.4. The van der Waals surface area contributed by atoms with Gasteiger partial charge in [-0.15, -0.1) is 0 Å². The molecule has 4 aromatic rings. The van der Waals surface area contributed by atoms with Crippen molar-refractivity contribution in [3.05, 3.63) is 65.4 Å². The Balaban J connectivity index is 1.42. The van der Waals surface area contributed by atoms with Crippen LogP contribution < -0.4 is 5.32 Å². The molecule has 5 rings (SSSR count). The van der Waals surface area contributed by atoms with Crippen LogP contribution in [-0.4, -0.2) is 68.5 Å². The number of anilines is 2. The van der Waals surface area contributed by atoms with Gasteiger partial charge < -0.3 is 19.7 Å². The summed E-state index contributed by atoms with van der Waals surface area (Å²) in [4.78, 5) is 29.0. The van der Waals surface area contributed by atoms with Crippen LogP contribution in [0.4, 0.5) is 24.8 Å². The Kier molecular flexibility index (Phi) is 6.78. The maximum Gasteiger partial charge on any atom is 0.256 e. The minimum atomic E-state index is -0.735. The van der Waals surface area contributed by atoms with E-state index in [1.54, 1.807) is 17.9 Å². The zero-order valence-corrected chi connectivity index (χ0v) is 21.6. The third kappa shape index (κ3) is 4.81. The number of hydrogen-bond acceptors (Lipinski definition) is 6. The van der Waals surface area contributed by atoms with Gasteiger partial charge in [-0.05, 0) is 58.2 Å². The number of imidazole rings is 1. The largest absolute Gasteiger partial charge is 0.336 e. The molecule has 0 aliphatic carbocycles. The number of likely N-dealkylation sites (N-methyl/N-ethyl adjacent to an activating group) is 1. The summed E-state index contributed by atoms with van der Waals surface area (Å²) < 4.78 is 46.5. The number of benzene rings is 2. The average molecular weight is 524 g/mol. The smallest absolute Gasteiger partial charge is 0.256 e. The molecule has 0 unspecified atom stereocenters.